The number of oxime groups is 1. The molecule has 0 bridgehead atoms. The summed E-state index contributed by atoms with van der Waals surface area (Å²) in [5.41, 5.74) is -4.37. The smallest absolute Gasteiger partial charge is 0.399 e. The van der Waals surface area contributed by atoms with Gasteiger partial charge in [-0.15, -0.1) is 0 Å². The molecule has 11 heteroatoms. The highest BCUT2D eigenvalue weighted by atomic mass is 35.5. The second-order valence-corrected chi connectivity index (χ2v) is 5.59. The van der Waals surface area contributed by atoms with Gasteiger partial charge in [-0.2, -0.15) is 13.2 Å². The van der Waals surface area contributed by atoms with Crippen LogP contribution < -0.4 is 11.2 Å². The van der Waals surface area contributed by atoms with E-state index in [0.29, 0.717) is 0 Å². The monoisotopic (exact) mass is 393 g/mol. The molecule has 2 aromatic rings. The number of alkyl halides is 3. The van der Waals surface area contributed by atoms with Crippen LogP contribution in [0.2, 0.25) is 5.02 Å². The number of halogens is 5. The molecule has 6 nitrogen and oxygen atoms in total. The van der Waals surface area contributed by atoms with E-state index in [1.807, 2.05) is 0 Å². The standard InChI is InChI=1S/C15H12ClF4N3O3/c1-7(21-26-3)8-4-11(10(17)5-9(8)16)23-13(24)6-12(15(18,19)20)22(2)14(23)25/h4-6H,1-3H3/b21-7+. The van der Waals surface area contributed by atoms with Crippen LogP contribution >= 0.6 is 11.6 Å². The van der Waals surface area contributed by atoms with Gasteiger partial charge in [0, 0.05) is 18.7 Å². The first-order valence-electron chi connectivity index (χ1n) is 6.96. The Balaban J connectivity index is 2.84. The average molecular weight is 394 g/mol. The first-order chi connectivity index (χ1) is 12.0. The first-order valence-corrected chi connectivity index (χ1v) is 7.34. The Morgan fingerprint density at radius 1 is 1.23 bits per heavy atom. The van der Waals surface area contributed by atoms with Crippen LogP contribution in [0, 0.1) is 5.82 Å². The lowest BCUT2D eigenvalue weighted by Gasteiger charge is -2.15. The van der Waals surface area contributed by atoms with Gasteiger partial charge in [-0.05, 0) is 19.1 Å². The van der Waals surface area contributed by atoms with Gasteiger partial charge >= 0.3 is 11.9 Å². The molecule has 1 aromatic carbocycles. The van der Waals surface area contributed by atoms with Gasteiger partial charge in [0.05, 0.1) is 16.4 Å². The molecule has 0 amide bonds. The Labute approximate surface area is 148 Å². The summed E-state index contributed by atoms with van der Waals surface area (Å²) in [4.78, 5) is 29.0. The molecule has 0 aliphatic rings. The van der Waals surface area contributed by atoms with Gasteiger partial charge in [0.2, 0.25) is 0 Å². The van der Waals surface area contributed by atoms with E-state index in [1.54, 1.807) is 0 Å². The average Bonchev–Trinajstić information content (AvgIpc) is 2.52. The van der Waals surface area contributed by atoms with Crippen molar-refractivity contribution in [2.24, 2.45) is 12.2 Å². The van der Waals surface area contributed by atoms with Crippen LogP contribution in [0.3, 0.4) is 0 Å². The Hall–Kier alpha value is -2.62. The molecule has 0 unspecified atom stereocenters. The quantitative estimate of drug-likeness (QED) is 0.457. The lowest BCUT2D eigenvalue weighted by molar-refractivity contribution is -0.144. The first kappa shape index (κ1) is 19.7. The maximum Gasteiger partial charge on any atom is 0.431 e. The van der Waals surface area contributed by atoms with Crippen molar-refractivity contribution in [1.29, 1.82) is 0 Å². The number of benzene rings is 1. The van der Waals surface area contributed by atoms with Gasteiger partial charge in [-0.25, -0.2) is 13.8 Å². The summed E-state index contributed by atoms with van der Waals surface area (Å²) in [7, 11) is 2.09. The highest BCUT2D eigenvalue weighted by Crippen LogP contribution is 2.27. The minimum atomic E-state index is -4.92. The van der Waals surface area contributed by atoms with E-state index in [1.165, 1.54) is 14.0 Å². The fraction of sp³-hybridized carbons (Fsp3) is 0.267. The largest absolute Gasteiger partial charge is 0.431 e. The van der Waals surface area contributed by atoms with E-state index in [9.17, 15) is 27.2 Å². The van der Waals surface area contributed by atoms with Crippen LogP contribution in [-0.2, 0) is 18.1 Å². The zero-order valence-electron chi connectivity index (χ0n) is 13.7. The number of rotatable bonds is 3. The molecule has 140 valence electrons. The SMILES string of the molecule is CO/N=C(\C)c1cc(-n2c(=O)cc(C(F)(F)F)n(C)c2=O)c(F)cc1Cl. The van der Waals surface area contributed by atoms with Crippen LogP contribution in [0.25, 0.3) is 5.69 Å². The van der Waals surface area contributed by atoms with E-state index >= 15 is 0 Å². The van der Waals surface area contributed by atoms with Crippen LogP contribution in [0.4, 0.5) is 17.6 Å². The fourth-order valence-corrected chi connectivity index (χ4v) is 2.58. The molecule has 1 heterocycles. The van der Waals surface area contributed by atoms with Crippen LogP contribution in [0.15, 0.2) is 32.9 Å². The van der Waals surface area contributed by atoms with Crippen molar-refractivity contribution in [3.8, 4) is 5.69 Å². The van der Waals surface area contributed by atoms with E-state index in [2.05, 4.69) is 9.99 Å². The molecule has 0 aliphatic carbocycles. The molecular weight excluding hydrogens is 382 g/mol. The third kappa shape index (κ3) is 3.50. The summed E-state index contributed by atoms with van der Waals surface area (Å²) in [6.07, 6.45) is -4.92. The molecule has 0 saturated carbocycles. The molecule has 0 fully saturated rings. The number of nitrogens with zero attached hydrogens (tertiary/aromatic N) is 3. The van der Waals surface area contributed by atoms with Crippen LogP contribution in [0.5, 0.6) is 0 Å². The zero-order valence-corrected chi connectivity index (χ0v) is 14.4. The molecule has 0 spiro atoms. The second-order valence-electron chi connectivity index (χ2n) is 5.19. The maximum absolute atomic E-state index is 14.3. The summed E-state index contributed by atoms with van der Waals surface area (Å²) < 4.78 is 53.5. The summed E-state index contributed by atoms with van der Waals surface area (Å²) in [5.74, 6) is -1.07. The fourth-order valence-electron chi connectivity index (χ4n) is 2.29. The van der Waals surface area contributed by atoms with Gasteiger partial charge in [-0.1, -0.05) is 16.8 Å². The Morgan fingerprint density at radius 3 is 2.38 bits per heavy atom. The van der Waals surface area contributed by atoms with Crippen molar-refractivity contribution in [1.82, 2.24) is 9.13 Å². The minimum absolute atomic E-state index is 0.0821. The van der Waals surface area contributed by atoms with Gasteiger partial charge in [0.1, 0.15) is 18.6 Å². The topological polar surface area (TPSA) is 65.6 Å². The number of aromatic nitrogens is 2. The lowest BCUT2D eigenvalue weighted by atomic mass is 10.1. The molecule has 0 saturated heterocycles. The van der Waals surface area contributed by atoms with Crippen molar-refractivity contribution in [3.05, 3.63) is 61.1 Å². The van der Waals surface area contributed by atoms with Crippen LogP contribution in [-0.4, -0.2) is 22.0 Å². The summed E-state index contributed by atoms with van der Waals surface area (Å²) in [6.45, 7) is 1.47. The number of hydrogen-bond acceptors (Lipinski definition) is 4. The molecule has 1 aromatic heterocycles. The molecular formula is C15H12ClF4N3O3. The van der Waals surface area contributed by atoms with Crippen molar-refractivity contribution < 1.29 is 22.4 Å². The van der Waals surface area contributed by atoms with Crippen molar-refractivity contribution in [2.45, 2.75) is 13.1 Å². The van der Waals surface area contributed by atoms with E-state index < -0.39 is 34.6 Å². The van der Waals surface area contributed by atoms with Crippen molar-refractivity contribution >= 4 is 17.3 Å². The maximum atomic E-state index is 14.3. The van der Waals surface area contributed by atoms with E-state index in [-0.39, 0.29) is 31.5 Å². The lowest BCUT2D eigenvalue weighted by Crippen LogP contribution is -2.41. The Kier molecular flexibility index (Phi) is 5.26. The molecule has 0 atom stereocenters. The van der Waals surface area contributed by atoms with Crippen LogP contribution in [0.1, 0.15) is 18.2 Å². The van der Waals surface area contributed by atoms with Gasteiger partial charge < -0.3 is 4.84 Å². The third-order valence-electron chi connectivity index (χ3n) is 3.51. The molecule has 26 heavy (non-hydrogen) atoms. The van der Waals surface area contributed by atoms with Gasteiger partial charge in [0.25, 0.3) is 5.56 Å². The Morgan fingerprint density at radius 2 is 1.85 bits per heavy atom. The Bertz CT molecular complexity index is 1010. The summed E-state index contributed by atoms with van der Waals surface area (Å²) >= 11 is 5.92. The van der Waals surface area contributed by atoms with E-state index in [0.717, 1.165) is 19.2 Å². The molecule has 0 aliphatic heterocycles. The normalized spacial score (nSPS) is 12.4. The number of hydrogen-bond donors (Lipinski definition) is 0. The van der Waals surface area contributed by atoms with E-state index in [4.69, 9.17) is 11.6 Å². The second kappa shape index (κ2) is 6.94. The predicted octanol–water partition coefficient (Wildman–Crippen LogP) is 2.72. The summed E-state index contributed by atoms with van der Waals surface area (Å²) in [5, 5.41) is 3.54. The molecule has 0 radical (unpaired) electrons. The zero-order chi connectivity index (χ0) is 19.8. The summed E-state index contributed by atoms with van der Waals surface area (Å²) in [6, 6.07) is 2.07. The minimum Gasteiger partial charge on any atom is -0.399 e. The highest BCUT2D eigenvalue weighted by molar-refractivity contribution is 6.34. The van der Waals surface area contributed by atoms with Gasteiger partial charge in [-0.3, -0.25) is 9.36 Å². The molecule has 2 rings (SSSR count). The molecule has 0 N–H and O–H groups in total. The highest BCUT2D eigenvalue weighted by Gasteiger charge is 2.35. The predicted molar refractivity (Wildman–Crippen MR) is 86.5 cm³/mol. The third-order valence-corrected chi connectivity index (χ3v) is 3.82. The van der Waals surface area contributed by atoms with Crippen molar-refractivity contribution in [3.63, 3.8) is 0 Å². The van der Waals surface area contributed by atoms with Crippen molar-refractivity contribution in [2.75, 3.05) is 7.11 Å². The van der Waals surface area contributed by atoms with Gasteiger partial charge in [0.15, 0.2) is 0 Å².